The summed E-state index contributed by atoms with van der Waals surface area (Å²) >= 11 is 0. The molecule has 1 aliphatic carbocycles. The molecule has 5 nitrogen and oxygen atoms in total. The Hall–Kier alpha value is -1.36. The van der Waals surface area contributed by atoms with Crippen LogP contribution in [0.4, 0.5) is 11.8 Å². The number of fused-ring (bicyclic) bond motifs is 1. The molecule has 1 aromatic heterocycles. The van der Waals surface area contributed by atoms with Gasteiger partial charge in [0.2, 0.25) is 5.95 Å². The van der Waals surface area contributed by atoms with Crippen LogP contribution in [-0.2, 0) is 12.8 Å². The van der Waals surface area contributed by atoms with Gasteiger partial charge in [-0.1, -0.05) is 0 Å². The van der Waals surface area contributed by atoms with Gasteiger partial charge in [0.1, 0.15) is 5.82 Å². The fraction of sp³-hybridized carbons (Fsp3) is 0.556. The highest BCUT2D eigenvalue weighted by Crippen LogP contribution is 2.27. The minimum Gasteiger partial charge on any atom is -0.383 e. The fourth-order valence-corrected chi connectivity index (χ4v) is 1.93. The van der Waals surface area contributed by atoms with E-state index >= 15 is 0 Å². The molecule has 1 unspecified atom stereocenters. The SMILES string of the molecule is NCC1CCc2nc(N)nc(N)c2C1. The quantitative estimate of drug-likeness (QED) is 0.568. The number of hydrogen-bond donors (Lipinski definition) is 3. The van der Waals surface area contributed by atoms with Crippen LogP contribution in [0.1, 0.15) is 17.7 Å². The van der Waals surface area contributed by atoms with E-state index in [1.807, 2.05) is 0 Å². The minimum atomic E-state index is 0.271. The molecule has 1 heterocycles. The van der Waals surface area contributed by atoms with Crippen LogP contribution >= 0.6 is 0 Å². The van der Waals surface area contributed by atoms with Crippen LogP contribution in [0.25, 0.3) is 0 Å². The Labute approximate surface area is 82.7 Å². The maximum atomic E-state index is 5.79. The van der Waals surface area contributed by atoms with Crippen molar-refractivity contribution in [1.29, 1.82) is 0 Å². The van der Waals surface area contributed by atoms with E-state index in [0.717, 1.165) is 30.5 Å². The molecule has 0 fully saturated rings. The number of rotatable bonds is 1. The van der Waals surface area contributed by atoms with Crippen molar-refractivity contribution < 1.29 is 0 Å². The maximum Gasteiger partial charge on any atom is 0.222 e. The van der Waals surface area contributed by atoms with Gasteiger partial charge >= 0.3 is 0 Å². The zero-order chi connectivity index (χ0) is 10.1. The Morgan fingerprint density at radius 2 is 2.07 bits per heavy atom. The third-order valence-corrected chi connectivity index (χ3v) is 2.76. The Bertz CT molecular complexity index is 349. The smallest absolute Gasteiger partial charge is 0.222 e. The van der Waals surface area contributed by atoms with Crippen LogP contribution < -0.4 is 17.2 Å². The summed E-state index contributed by atoms with van der Waals surface area (Å²) in [6, 6.07) is 0. The molecule has 0 saturated heterocycles. The molecule has 0 aromatic carbocycles. The molecule has 2 rings (SSSR count). The first-order valence-electron chi connectivity index (χ1n) is 4.81. The third-order valence-electron chi connectivity index (χ3n) is 2.76. The van der Waals surface area contributed by atoms with E-state index in [2.05, 4.69) is 9.97 Å². The number of anilines is 2. The molecule has 0 bridgehead atoms. The molecule has 0 aliphatic heterocycles. The second-order valence-electron chi connectivity index (χ2n) is 3.74. The van der Waals surface area contributed by atoms with E-state index in [9.17, 15) is 0 Å². The van der Waals surface area contributed by atoms with E-state index in [1.54, 1.807) is 0 Å². The second kappa shape index (κ2) is 3.42. The molecule has 6 N–H and O–H groups in total. The number of hydrogen-bond acceptors (Lipinski definition) is 5. The van der Waals surface area contributed by atoms with Gasteiger partial charge in [-0.05, 0) is 31.7 Å². The zero-order valence-electron chi connectivity index (χ0n) is 8.03. The molecule has 14 heavy (non-hydrogen) atoms. The van der Waals surface area contributed by atoms with Crippen LogP contribution in [0, 0.1) is 5.92 Å². The summed E-state index contributed by atoms with van der Waals surface area (Å²) < 4.78 is 0. The second-order valence-corrected chi connectivity index (χ2v) is 3.74. The van der Waals surface area contributed by atoms with Gasteiger partial charge in [-0.2, -0.15) is 4.98 Å². The van der Waals surface area contributed by atoms with Crippen molar-refractivity contribution >= 4 is 11.8 Å². The van der Waals surface area contributed by atoms with Crippen molar-refractivity contribution in [2.75, 3.05) is 18.0 Å². The lowest BCUT2D eigenvalue weighted by atomic mass is 9.87. The average Bonchev–Trinajstić information content (AvgIpc) is 2.17. The molecule has 0 amide bonds. The lowest BCUT2D eigenvalue weighted by molar-refractivity contribution is 0.463. The van der Waals surface area contributed by atoms with Gasteiger partial charge in [-0.25, -0.2) is 4.98 Å². The number of nitrogens with two attached hydrogens (primary N) is 3. The van der Waals surface area contributed by atoms with E-state index < -0.39 is 0 Å². The zero-order valence-corrected chi connectivity index (χ0v) is 8.03. The summed E-state index contributed by atoms with van der Waals surface area (Å²) in [7, 11) is 0. The van der Waals surface area contributed by atoms with Gasteiger partial charge < -0.3 is 17.2 Å². The Kier molecular flexibility index (Phi) is 2.25. The van der Waals surface area contributed by atoms with E-state index in [1.165, 1.54) is 0 Å². The van der Waals surface area contributed by atoms with Crippen LogP contribution in [0.5, 0.6) is 0 Å². The molecular weight excluding hydrogens is 178 g/mol. The number of nitrogen functional groups attached to an aromatic ring is 2. The Morgan fingerprint density at radius 1 is 1.29 bits per heavy atom. The standard InChI is InChI=1S/C9H15N5/c10-4-5-1-2-7-6(3-5)8(11)14-9(12)13-7/h5H,1-4,10H2,(H4,11,12,13,14). The summed E-state index contributed by atoms with van der Waals surface area (Å²) in [5.41, 5.74) is 19.0. The largest absolute Gasteiger partial charge is 0.383 e. The van der Waals surface area contributed by atoms with Crippen molar-refractivity contribution in [3.63, 3.8) is 0 Å². The topological polar surface area (TPSA) is 104 Å². The predicted octanol–water partition coefficient (Wildman–Crippen LogP) is -0.295. The highest BCUT2D eigenvalue weighted by atomic mass is 15.0. The first kappa shape index (κ1) is 9.21. The molecule has 0 radical (unpaired) electrons. The van der Waals surface area contributed by atoms with Gasteiger partial charge in [-0.15, -0.1) is 0 Å². The van der Waals surface area contributed by atoms with Crippen molar-refractivity contribution in [2.24, 2.45) is 11.7 Å². The lowest BCUT2D eigenvalue weighted by Gasteiger charge is -2.23. The normalized spacial score (nSPS) is 20.5. The minimum absolute atomic E-state index is 0.271. The predicted molar refractivity (Wildman–Crippen MR) is 55.4 cm³/mol. The van der Waals surface area contributed by atoms with Gasteiger partial charge in [0.05, 0.1) is 5.69 Å². The fourth-order valence-electron chi connectivity index (χ4n) is 1.93. The van der Waals surface area contributed by atoms with Crippen molar-refractivity contribution in [3.05, 3.63) is 11.3 Å². The maximum absolute atomic E-state index is 5.79. The van der Waals surface area contributed by atoms with E-state index in [4.69, 9.17) is 17.2 Å². The summed E-state index contributed by atoms with van der Waals surface area (Å²) in [5.74, 6) is 1.30. The monoisotopic (exact) mass is 193 g/mol. The summed E-state index contributed by atoms with van der Waals surface area (Å²) in [4.78, 5) is 8.15. The number of aromatic nitrogens is 2. The van der Waals surface area contributed by atoms with Gasteiger partial charge in [0, 0.05) is 5.56 Å². The first-order valence-corrected chi connectivity index (χ1v) is 4.81. The molecule has 76 valence electrons. The summed E-state index contributed by atoms with van der Waals surface area (Å²) in [6.45, 7) is 0.698. The first-order chi connectivity index (χ1) is 6.70. The highest BCUT2D eigenvalue weighted by Gasteiger charge is 2.21. The van der Waals surface area contributed by atoms with Crippen molar-refractivity contribution in [1.82, 2.24) is 9.97 Å². The third kappa shape index (κ3) is 1.50. The van der Waals surface area contributed by atoms with Crippen molar-refractivity contribution in [2.45, 2.75) is 19.3 Å². The summed E-state index contributed by atoms with van der Waals surface area (Å²) in [6.07, 6.45) is 2.87. The van der Waals surface area contributed by atoms with E-state index in [0.29, 0.717) is 18.3 Å². The molecular formula is C9H15N5. The van der Waals surface area contributed by atoms with Crippen LogP contribution in [-0.4, -0.2) is 16.5 Å². The van der Waals surface area contributed by atoms with E-state index in [-0.39, 0.29) is 5.95 Å². The van der Waals surface area contributed by atoms with Crippen molar-refractivity contribution in [3.8, 4) is 0 Å². The number of aryl methyl sites for hydroxylation is 1. The molecule has 5 heteroatoms. The highest BCUT2D eigenvalue weighted by molar-refractivity contribution is 5.47. The number of nitrogens with zero attached hydrogens (tertiary/aromatic N) is 2. The molecule has 1 aromatic rings. The average molecular weight is 193 g/mol. The van der Waals surface area contributed by atoms with Gasteiger partial charge in [0.25, 0.3) is 0 Å². The van der Waals surface area contributed by atoms with Crippen LogP contribution in [0.3, 0.4) is 0 Å². The molecule has 1 aliphatic rings. The Morgan fingerprint density at radius 3 is 2.79 bits per heavy atom. The molecule has 0 spiro atoms. The summed E-state index contributed by atoms with van der Waals surface area (Å²) in [5, 5.41) is 0. The van der Waals surface area contributed by atoms with Crippen LogP contribution in [0.2, 0.25) is 0 Å². The molecule has 0 saturated carbocycles. The molecule has 1 atom stereocenters. The van der Waals surface area contributed by atoms with Gasteiger partial charge in [0.15, 0.2) is 0 Å². The lowest BCUT2D eigenvalue weighted by Crippen LogP contribution is -2.24. The van der Waals surface area contributed by atoms with Gasteiger partial charge in [-0.3, -0.25) is 0 Å². The van der Waals surface area contributed by atoms with Crippen LogP contribution in [0.15, 0.2) is 0 Å². The Balaban J connectivity index is 2.37.